The van der Waals surface area contributed by atoms with Crippen LogP contribution < -0.4 is 8.92 Å². The average Bonchev–Trinajstić information content (AvgIpc) is 2.81. The standard InChI is InChI=1S/C24H19BrFI2O2PS/c25-13-14-29-20-8-3-17(4-9-20)24-22(16-1-6-19(26)7-2-16)11-5-18-15-21(10-12-23(18)24)30-32-31(27)28/h1-4,6-10,12,15H,5,11,13-14H2. The molecule has 2 nitrogen and oxygen atoms in total. The van der Waals surface area contributed by atoms with Gasteiger partial charge in [-0.15, -0.1) is 0 Å². The molecule has 0 amide bonds. The molecule has 0 aromatic heterocycles. The van der Waals surface area contributed by atoms with Crippen molar-refractivity contribution in [2.75, 3.05) is 11.9 Å². The molecule has 166 valence electrons. The van der Waals surface area contributed by atoms with Gasteiger partial charge in [-0.25, -0.2) is 4.39 Å². The van der Waals surface area contributed by atoms with Crippen LogP contribution in [0.25, 0.3) is 11.1 Å². The van der Waals surface area contributed by atoms with Crippen LogP contribution in [-0.4, -0.2) is 11.9 Å². The summed E-state index contributed by atoms with van der Waals surface area (Å²) >= 11 is 9.68. The Kier molecular flexibility index (Phi) is 9.18. The summed E-state index contributed by atoms with van der Waals surface area (Å²) in [5.41, 5.74) is 7.08. The van der Waals surface area contributed by atoms with E-state index >= 15 is 0 Å². The molecule has 32 heavy (non-hydrogen) atoms. The van der Waals surface area contributed by atoms with Gasteiger partial charge in [0.2, 0.25) is 0 Å². The van der Waals surface area contributed by atoms with Gasteiger partial charge in [-0.2, -0.15) is 0 Å². The van der Waals surface area contributed by atoms with Gasteiger partial charge in [0.1, 0.15) is 31.4 Å². The Labute approximate surface area is 227 Å². The second kappa shape index (κ2) is 11.9. The third kappa shape index (κ3) is 6.20. The maximum absolute atomic E-state index is 13.6. The molecular formula is C24H19BrFI2O2PS. The minimum Gasteiger partial charge on any atom is -0.493 e. The fourth-order valence-corrected chi connectivity index (χ4v) is 6.12. The fraction of sp³-hybridized carbons (Fsp3) is 0.167. The second-order valence-corrected chi connectivity index (χ2v) is 25.4. The van der Waals surface area contributed by atoms with Crippen LogP contribution in [-0.2, 0) is 6.42 Å². The smallest absolute Gasteiger partial charge is 0.138 e. The monoisotopic (exact) mass is 754 g/mol. The lowest BCUT2D eigenvalue weighted by Gasteiger charge is -2.25. The van der Waals surface area contributed by atoms with Gasteiger partial charge in [0.05, 0.1) is 6.61 Å². The number of aryl methyl sites for hydroxylation is 1. The predicted octanol–water partition coefficient (Wildman–Crippen LogP) is 9.63. The second-order valence-electron chi connectivity index (χ2n) is 7.10. The van der Waals surface area contributed by atoms with Crippen LogP contribution in [0.3, 0.4) is 0 Å². The number of benzene rings is 3. The summed E-state index contributed by atoms with van der Waals surface area (Å²) in [6, 6.07) is 21.4. The van der Waals surface area contributed by atoms with E-state index in [1.54, 1.807) is 0 Å². The molecule has 3 aromatic carbocycles. The molecule has 0 fully saturated rings. The van der Waals surface area contributed by atoms with E-state index in [0.717, 1.165) is 40.8 Å². The molecule has 4 rings (SSSR count). The molecule has 0 saturated heterocycles. The molecule has 0 radical (unpaired) electrons. The lowest BCUT2D eigenvalue weighted by Crippen LogP contribution is -2.06. The highest BCUT2D eigenvalue weighted by molar-refractivity contribution is 14.3. The zero-order valence-electron chi connectivity index (χ0n) is 16.9. The molecule has 3 aromatic rings. The highest BCUT2D eigenvalue weighted by Crippen LogP contribution is 2.64. The Bertz CT molecular complexity index is 1110. The van der Waals surface area contributed by atoms with Crippen LogP contribution in [0.2, 0.25) is 0 Å². The maximum Gasteiger partial charge on any atom is 0.138 e. The first kappa shape index (κ1) is 24.8. The Hall–Kier alpha value is -0.350. The highest BCUT2D eigenvalue weighted by Gasteiger charge is 2.22. The van der Waals surface area contributed by atoms with Crippen molar-refractivity contribution < 1.29 is 13.3 Å². The minimum absolute atomic E-state index is 0.217. The maximum atomic E-state index is 13.6. The van der Waals surface area contributed by atoms with Crippen LogP contribution in [0.1, 0.15) is 28.7 Å². The topological polar surface area (TPSA) is 18.5 Å². The summed E-state index contributed by atoms with van der Waals surface area (Å²) in [5.74, 6) is 1.52. The molecule has 8 heteroatoms. The molecule has 0 saturated carbocycles. The number of fused-ring (bicyclic) bond motifs is 1. The Morgan fingerprint density at radius 2 is 1.59 bits per heavy atom. The molecule has 0 bridgehead atoms. The van der Waals surface area contributed by atoms with Crippen molar-refractivity contribution in [2.24, 2.45) is 0 Å². The zero-order valence-corrected chi connectivity index (χ0v) is 24.5. The van der Waals surface area contributed by atoms with E-state index in [4.69, 9.17) is 8.92 Å². The van der Waals surface area contributed by atoms with Crippen molar-refractivity contribution >= 4 is 85.2 Å². The molecule has 0 N–H and O–H groups in total. The molecule has 1 aliphatic carbocycles. The van der Waals surface area contributed by atoms with Crippen LogP contribution in [0.15, 0.2) is 66.7 Å². The first-order valence-corrected chi connectivity index (χ1v) is 19.3. The molecular weight excluding hydrogens is 736 g/mol. The van der Waals surface area contributed by atoms with Gasteiger partial charge < -0.3 is 8.92 Å². The number of hydrogen-bond acceptors (Lipinski definition) is 3. The first-order chi connectivity index (χ1) is 15.5. The number of rotatable bonds is 8. The first-order valence-electron chi connectivity index (χ1n) is 9.93. The van der Waals surface area contributed by atoms with E-state index in [2.05, 4.69) is 84.3 Å². The molecule has 0 spiro atoms. The summed E-state index contributed by atoms with van der Waals surface area (Å²) < 4.78 is 25.0. The van der Waals surface area contributed by atoms with E-state index in [0.29, 0.717) is 6.61 Å². The Balaban J connectivity index is 1.77. The summed E-state index contributed by atoms with van der Waals surface area (Å²) in [7, 11) is 0. The van der Waals surface area contributed by atoms with Crippen LogP contribution in [0.5, 0.6) is 11.5 Å². The highest BCUT2D eigenvalue weighted by atomic mass is 127. The average molecular weight is 755 g/mol. The van der Waals surface area contributed by atoms with Crippen LogP contribution >= 0.6 is 74.1 Å². The van der Waals surface area contributed by atoms with Gasteiger partial charge in [-0.3, -0.25) is 0 Å². The predicted molar refractivity (Wildman–Crippen MR) is 156 cm³/mol. The summed E-state index contributed by atoms with van der Waals surface area (Å²) in [6.45, 7) is 0.628. The van der Waals surface area contributed by atoms with Gasteiger partial charge in [-0.1, -0.05) is 46.3 Å². The number of ether oxygens (including phenoxy) is 1. The van der Waals surface area contributed by atoms with Crippen molar-refractivity contribution in [3.05, 3.63) is 94.8 Å². The van der Waals surface area contributed by atoms with E-state index < -0.39 is 0 Å². The Morgan fingerprint density at radius 3 is 2.28 bits per heavy atom. The summed E-state index contributed by atoms with van der Waals surface area (Å²) in [6.07, 6.45) is 1.81. The third-order valence-electron chi connectivity index (χ3n) is 5.16. The SMILES string of the molecule is Fc1ccc(C2=C(c3ccc(OCCBr)cc3)c3ccc(OSP(I)I)cc3CC2)cc1. The van der Waals surface area contributed by atoms with Gasteiger partial charge in [-0.05, 0) is 127 Å². The van der Waals surface area contributed by atoms with E-state index in [-0.39, 0.29) is 8.23 Å². The number of alkyl halides is 1. The Morgan fingerprint density at radius 1 is 0.906 bits per heavy atom. The van der Waals surface area contributed by atoms with E-state index in [1.807, 2.05) is 30.3 Å². The molecule has 0 aliphatic heterocycles. The van der Waals surface area contributed by atoms with Crippen LogP contribution in [0.4, 0.5) is 4.39 Å². The van der Waals surface area contributed by atoms with Crippen LogP contribution in [0, 0.1) is 5.82 Å². The van der Waals surface area contributed by atoms with Crippen molar-refractivity contribution in [1.82, 2.24) is 0 Å². The van der Waals surface area contributed by atoms with Gasteiger partial charge in [0.15, 0.2) is 0 Å². The largest absolute Gasteiger partial charge is 0.493 e. The van der Waals surface area contributed by atoms with Crippen molar-refractivity contribution in [3.63, 3.8) is 0 Å². The summed E-state index contributed by atoms with van der Waals surface area (Å²) in [4.78, 5) is 0. The number of allylic oxidation sites excluding steroid dienone is 1. The quantitative estimate of drug-likeness (QED) is 0.0989. The van der Waals surface area contributed by atoms with Gasteiger partial charge in [0.25, 0.3) is 0 Å². The number of hydrogen-bond donors (Lipinski definition) is 0. The zero-order chi connectivity index (χ0) is 22.5. The minimum atomic E-state index is -0.249. The number of halogens is 4. The lowest BCUT2D eigenvalue weighted by molar-refractivity contribution is 0.345. The van der Waals surface area contributed by atoms with Crippen molar-refractivity contribution in [2.45, 2.75) is 12.8 Å². The van der Waals surface area contributed by atoms with E-state index in [9.17, 15) is 4.39 Å². The summed E-state index contributed by atoms with van der Waals surface area (Å²) in [5, 5.41) is 0.793. The normalized spacial score (nSPS) is 13.3. The fourth-order valence-electron chi connectivity index (χ4n) is 3.83. The third-order valence-corrected chi connectivity index (χ3v) is 9.32. The van der Waals surface area contributed by atoms with Gasteiger partial charge >= 0.3 is 0 Å². The lowest BCUT2D eigenvalue weighted by atomic mass is 9.79. The molecule has 0 heterocycles. The molecule has 0 atom stereocenters. The van der Waals surface area contributed by atoms with E-state index in [1.165, 1.54) is 46.1 Å². The van der Waals surface area contributed by atoms with Crippen molar-refractivity contribution in [1.29, 1.82) is 0 Å². The molecule has 0 unspecified atom stereocenters. The molecule has 1 aliphatic rings. The van der Waals surface area contributed by atoms with Crippen molar-refractivity contribution in [3.8, 4) is 11.5 Å². The van der Waals surface area contributed by atoms with Gasteiger partial charge in [0, 0.05) is 5.33 Å².